The molecular formula is C14H18BrNO3. The molecule has 0 amide bonds. The number of ether oxygens (including phenoxy) is 1. The molecule has 4 nitrogen and oxygen atoms in total. The van der Waals surface area contributed by atoms with Crippen LogP contribution in [0.15, 0.2) is 40.9 Å². The summed E-state index contributed by atoms with van der Waals surface area (Å²) in [6, 6.07) is 7.57. The number of halogens is 1. The Morgan fingerprint density at radius 1 is 1.58 bits per heavy atom. The van der Waals surface area contributed by atoms with Crippen LogP contribution in [0.1, 0.15) is 18.5 Å². The minimum Gasteiger partial charge on any atom is -0.463 e. The summed E-state index contributed by atoms with van der Waals surface area (Å²) in [7, 11) is 0. The number of nitrogens with one attached hydrogen (secondary N) is 1. The lowest BCUT2D eigenvalue weighted by Gasteiger charge is -2.15. The molecule has 5 heteroatoms. The molecule has 0 radical (unpaired) electrons. The topological polar surface area (TPSA) is 58.6 Å². The molecule has 0 spiro atoms. The zero-order valence-electron chi connectivity index (χ0n) is 10.8. The van der Waals surface area contributed by atoms with Gasteiger partial charge < -0.3 is 15.2 Å². The number of carbonyl (C=O) groups is 1. The van der Waals surface area contributed by atoms with Crippen LogP contribution in [0.25, 0.3) is 0 Å². The summed E-state index contributed by atoms with van der Waals surface area (Å²) < 4.78 is 5.73. The van der Waals surface area contributed by atoms with Crippen molar-refractivity contribution in [1.82, 2.24) is 5.32 Å². The third kappa shape index (κ3) is 6.00. The van der Waals surface area contributed by atoms with Crippen LogP contribution < -0.4 is 5.32 Å². The van der Waals surface area contributed by atoms with Gasteiger partial charge in [-0.3, -0.25) is 0 Å². The van der Waals surface area contributed by atoms with Crippen LogP contribution in [-0.2, 0) is 9.53 Å². The Kier molecular flexibility index (Phi) is 7.40. The molecule has 104 valence electrons. The molecule has 0 aliphatic carbocycles. The Morgan fingerprint density at radius 3 is 3.00 bits per heavy atom. The van der Waals surface area contributed by atoms with E-state index in [1.165, 1.54) is 6.08 Å². The minimum absolute atomic E-state index is 0.0102. The predicted molar refractivity (Wildman–Crippen MR) is 77.7 cm³/mol. The van der Waals surface area contributed by atoms with Gasteiger partial charge in [0.05, 0.1) is 19.3 Å². The van der Waals surface area contributed by atoms with Crippen molar-refractivity contribution in [3.05, 3.63) is 46.5 Å². The molecule has 1 aromatic rings. The number of hydrogen-bond donors (Lipinski definition) is 2. The second-order valence-electron chi connectivity index (χ2n) is 3.85. The Hall–Kier alpha value is -1.17. The highest BCUT2D eigenvalue weighted by Crippen LogP contribution is 2.17. The van der Waals surface area contributed by atoms with Crippen LogP contribution in [-0.4, -0.2) is 30.8 Å². The van der Waals surface area contributed by atoms with Crippen LogP contribution in [0.5, 0.6) is 0 Å². The van der Waals surface area contributed by atoms with Gasteiger partial charge in [0, 0.05) is 17.1 Å². The first-order valence-electron chi connectivity index (χ1n) is 6.10. The summed E-state index contributed by atoms with van der Waals surface area (Å²) in [5.74, 6) is -0.354. The van der Waals surface area contributed by atoms with E-state index >= 15 is 0 Å². The summed E-state index contributed by atoms with van der Waals surface area (Å²) in [6.07, 6.45) is 3.06. The fourth-order valence-electron chi connectivity index (χ4n) is 1.57. The smallest absolute Gasteiger partial charge is 0.330 e. The monoisotopic (exact) mass is 327 g/mol. The van der Waals surface area contributed by atoms with Crippen molar-refractivity contribution < 1.29 is 14.6 Å². The number of hydrogen-bond acceptors (Lipinski definition) is 4. The number of carbonyl (C=O) groups excluding carboxylic acids is 1. The van der Waals surface area contributed by atoms with Crippen molar-refractivity contribution in [3.8, 4) is 0 Å². The molecule has 0 saturated carbocycles. The standard InChI is InChI=1S/C14H18BrNO3/c1-2-19-14(18)7-4-8-16-13(10-17)11-5-3-6-12(15)9-11/h3-7,9,13,16-17H,2,8,10H2,1H3/b7-4+. The lowest BCUT2D eigenvalue weighted by Crippen LogP contribution is -2.24. The molecule has 0 fully saturated rings. The first kappa shape index (κ1) is 15.9. The van der Waals surface area contributed by atoms with Crippen LogP contribution in [0.4, 0.5) is 0 Å². The molecule has 0 bridgehead atoms. The first-order chi connectivity index (χ1) is 9.17. The Labute approximate surface area is 121 Å². The van der Waals surface area contributed by atoms with Crippen molar-refractivity contribution in [2.24, 2.45) is 0 Å². The Morgan fingerprint density at radius 2 is 2.37 bits per heavy atom. The molecule has 0 saturated heterocycles. The van der Waals surface area contributed by atoms with Crippen molar-refractivity contribution in [3.63, 3.8) is 0 Å². The second-order valence-corrected chi connectivity index (χ2v) is 4.77. The third-order valence-electron chi connectivity index (χ3n) is 2.46. The maximum absolute atomic E-state index is 11.1. The molecule has 1 unspecified atom stereocenters. The van der Waals surface area contributed by atoms with E-state index < -0.39 is 0 Å². The summed E-state index contributed by atoms with van der Waals surface area (Å²) in [4.78, 5) is 11.1. The predicted octanol–water partition coefficient (Wildman–Crippen LogP) is 2.19. The molecule has 1 aromatic carbocycles. The van der Waals surface area contributed by atoms with Gasteiger partial charge in [-0.05, 0) is 24.6 Å². The molecule has 2 N–H and O–H groups in total. The number of aliphatic hydroxyl groups excluding tert-OH is 1. The van der Waals surface area contributed by atoms with E-state index in [4.69, 9.17) is 4.74 Å². The van der Waals surface area contributed by atoms with Crippen molar-refractivity contribution in [1.29, 1.82) is 0 Å². The second kappa shape index (κ2) is 8.85. The number of aliphatic hydroxyl groups is 1. The van der Waals surface area contributed by atoms with E-state index in [1.807, 2.05) is 24.3 Å². The van der Waals surface area contributed by atoms with Crippen LogP contribution >= 0.6 is 15.9 Å². The van der Waals surface area contributed by atoms with E-state index in [2.05, 4.69) is 21.2 Å². The van der Waals surface area contributed by atoms with Crippen LogP contribution in [0.2, 0.25) is 0 Å². The fourth-order valence-corrected chi connectivity index (χ4v) is 1.98. The SMILES string of the molecule is CCOC(=O)/C=C/CNC(CO)c1cccc(Br)c1. The van der Waals surface area contributed by atoms with Gasteiger partial charge >= 0.3 is 5.97 Å². The zero-order chi connectivity index (χ0) is 14.1. The normalized spacial score (nSPS) is 12.6. The van der Waals surface area contributed by atoms with E-state index in [0.29, 0.717) is 13.2 Å². The van der Waals surface area contributed by atoms with Gasteiger partial charge in [0.15, 0.2) is 0 Å². The lowest BCUT2D eigenvalue weighted by molar-refractivity contribution is -0.137. The van der Waals surface area contributed by atoms with E-state index in [-0.39, 0.29) is 18.6 Å². The maximum atomic E-state index is 11.1. The maximum Gasteiger partial charge on any atom is 0.330 e. The van der Waals surface area contributed by atoms with Gasteiger partial charge in [0.2, 0.25) is 0 Å². The molecule has 19 heavy (non-hydrogen) atoms. The highest BCUT2D eigenvalue weighted by molar-refractivity contribution is 9.10. The van der Waals surface area contributed by atoms with E-state index in [0.717, 1.165) is 10.0 Å². The molecule has 1 atom stereocenters. The van der Waals surface area contributed by atoms with Crippen LogP contribution in [0.3, 0.4) is 0 Å². The van der Waals surface area contributed by atoms with Crippen molar-refractivity contribution in [2.45, 2.75) is 13.0 Å². The van der Waals surface area contributed by atoms with Crippen LogP contribution in [0, 0.1) is 0 Å². The van der Waals surface area contributed by atoms with Gasteiger partial charge in [-0.1, -0.05) is 34.1 Å². The number of esters is 1. The average Bonchev–Trinajstić information content (AvgIpc) is 2.39. The Bertz CT molecular complexity index is 434. The van der Waals surface area contributed by atoms with E-state index in [9.17, 15) is 9.90 Å². The van der Waals surface area contributed by atoms with Gasteiger partial charge in [0.25, 0.3) is 0 Å². The van der Waals surface area contributed by atoms with Crippen molar-refractivity contribution in [2.75, 3.05) is 19.8 Å². The van der Waals surface area contributed by atoms with Gasteiger partial charge in [-0.25, -0.2) is 4.79 Å². The average molecular weight is 328 g/mol. The summed E-state index contributed by atoms with van der Waals surface area (Å²) >= 11 is 3.39. The zero-order valence-corrected chi connectivity index (χ0v) is 12.4. The van der Waals surface area contributed by atoms with Crippen molar-refractivity contribution >= 4 is 21.9 Å². The number of benzene rings is 1. The molecule has 1 rings (SSSR count). The van der Waals surface area contributed by atoms with Gasteiger partial charge in [0.1, 0.15) is 0 Å². The minimum atomic E-state index is -0.354. The summed E-state index contributed by atoms with van der Waals surface area (Å²) in [5, 5.41) is 12.5. The first-order valence-corrected chi connectivity index (χ1v) is 6.89. The molecular weight excluding hydrogens is 310 g/mol. The molecule has 0 aliphatic heterocycles. The summed E-state index contributed by atoms with van der Waals surface area (Å²) in [5.41, 5.74) is 0.987. The largest absolute Gasteiger partial charge is 0.463 e. The van der Waals surface area contributed by atoms with E-state index in [1.54, 1.807) is 13.0 Å². The third-order valence-corrected chi connectivity index (χ3v) is 2.95. The summed E-state index contributed by atoms with van der Waals surface area (Å²) in [6.45, 7) is 2.60. The van der Waals surface area contributed by atoms with Gasteiger partial charge in [-0.2, -0.15) is 0 Å². The highest BCUT2D eigenvalue weighted by Gasteiger charge is 2.08. The quantitative estimate of drug-likeness (QED) is 0.595. The fraction of sp³-hybridized carbons (Fsp3) is 0.357. The molecule has 0 aromatic heterocycles. The molecule has 0 heterocycles. The lowest BCUT2D eigenvalue weighted by atomic mass is 10.1. The Balaban J connectivity index is 2.47. The molecule has 0 aliphatic rings. The number of rotatable bonds is 7. The van der Waals surface area contributed by atoms with Gasteiger partial charge in [-0.15, -0.1) is 0 Å². The highest BCUT2D eigenvalue weighted by atomic mass is 79.9.